The van der Waals surface area contributed by atoms with Crippen LogP contribution in [0.4, 0.5) is 5.69 Å². The van der Waals surface area contributed by atoms with Gasteiger partial charge in [0.25, 0.3) is 11.6 Å². The summed E-state index contributed by atoms with van der Waals surface area (Å²) in [5.41, 5.74) is 4.26. The van der Waals surface area contributed by atoms with E-state index in [1.54, 1.807) is 42.5 Å². The lowest BCUT2D eigenvalue weighted by Crippen LogP contribution is -2.18. The van der Waals surface area contributed by atoms with Gasteiger partial charge in [-0.05, 0) is 70.4 Å². The van der Waals surface area contributed by atoms with Crippen LogP contribution in [0.5, 0.6) is 11.5 Å². The number of carbonyl (C=O) groups is 1. The van der Waals surface area contributed by atoms with Gasteiger partial charge in [0.15, 0.2) is 11.5 Å². The van der Waals surface area contributed by atoms with Crippen LogP contribution in [0.1, 0.15) is 28.4 Å². The van der Waals surface area contributed by atoms with Crippen LogP contribution in [0, 0.1) is 10.1 Å². The summed E-state index contributed by atoms with van der Waals surface area (Å²) in [5.74, 6) is 0.384. The van der Waals surface area contributed by atoms with Crippen molar-refractivity contribution < 1.29 is 19.2 Å². The van der Waals surface area contributed by atoms with Crippen LogP contribution >= 0.6 is 27.5 Å². The molecule has 0 spiro atoms. The fourth-order valence-electron chi connectivity index (χ4n) is 2.81. The molecule has 0 aliphatic rings. The molecule has 170 valence electrons. The Morgan fingerprint density at radius 2 is 1.91 bits per heavy atom. The average molecular weight is 533 g/mol. The van der Waals surface area contributed by atoms with Crippen LogP contribution in [-0.2, 0) is 6.61 Å². The van der Waals surface area contributed by atoms with Crippen LogP contribution in [-0.4, -0.2) is 23.7 Å². The number of nitrogens with zero attached hydrogens (tertiary/aromatic N) is 2. The van der Waals surface area contributed by atoms with Crippen LogP contribution < -0.4 is 14.9 Å². The predicted octanol–water partition coefficient (Wildman–Crippen LogP) is 5.75. The minimum atomic E-state index is -0.462. The molecule has 33 heavy (non-hydrogen) atoms. The zero-order chi connectivity index (χ0) is 23.8. The predicted molar refractivity (Wildman–Crippen MR) is 129 cm³/mol. The third-order valence-corrected chi connectivity index (χ3v) is 5.33. The maximum atomic E-state index is 12.3. The van der Waals surface area contributed by atoms with E-state index in [4.69, 9.17) is 21.1 Å². The van der Waals surface area contributed by atoms with Crippen LogP contribution in [0.25, 0.3) is 0 Å². The van der Waals surface area contributed by atoms with E-state index in [1.807, 2.05) is 13.0 Å². The lowest BCUT2D eigenvalue weighted by Gasteiger charge is -2.14. The van der Waals surface area contributed by atoms with Gasteiger partial charge in [0.1, 0.15) is 6.61 Å². The molecule has 0 aromatic heterocycles. The van der Waals surface area contributed by atoms with Gasteiger partial charge >= 0.3 is 0 Å². The summed E-state index contributed by atoms with van der Waals surface area (Å²) in [6.07, 6.45) is 1.45. The first-order valence-electron chi connectivity index (χ1n) is 9.79. The van der Waals surface area contributed by atoms with Crippen molar-refractivity contribution in [1.82, 2.24) is 5.43 Å². The molecular weight excluding hydrogens is 514 g/mol. The summed E-state index contributed by atoms with van der Waals surface area (Å²) in [7, 11) is 0. The Morgan fingerprint density at radius 1 is 1.18 bits per heavy atom. The number of nitro benzene ring substituents is 1. The monoisotopic (exact) mass is 531 g/mol. The topological polar surface area (TPSA) is 103 Å². The molecule has 10 heteroatoms. The number of amides is 1. The van der Waals surface area contributed by atoms with Crippen molar-refractivity contribution in [3.8, 4) is 11.5 Å². The summed E-state index contributed by atoms with van der Waals surface area (Å²) >= 11 is 9.74. The number of rotatable bonds is 9. The molecule has 1 N–H and O–H groups in total. The Hall–Kier alpha value is -3.43. The first kappa shape index (κ1) is 24.2. The first-order valence-corrected chi connectivity index (χ1v) is 11.0. The normalized spacial score (nSPS) is 10.8. The Labute approximate surface area is 203 Å². The standard InChI is InChI=1S/C23H19BrClN3O5/c1-2-32-21-12-16(13-26-27-23(29)18-5-3-4-6-19(18)24)11-20(25)22(21)33-14-15-7-9-17(10-8-15)28(30)31/h3-13H,2,14H2,1H3,(H,27,29)/b26-13-. The molecule has 0 saturated heterocycles. The zero-order valence-corrected chi connectivity index (χ0v) is 19.8. The summed E-state index contributed by atoms with van der Waals surface area (Å²) in [5, 5.41) is 15.1. The molecular formula is C23H19BrClN3O5. The number of nitro groups is 1. The Kier molecular flexibility index (Phi) is 8.39. The minimum absolute atomic E-state index is 0.00198. The van der Waals surface area contributed by atoms with Gasteiger partial charge in [-0.25, -0.2) is 5.43 Å². The van der Waals surface area contributed by atoms with Gasteiger partial charge in [0.05, 0.1) is 28.3 Å². The van der Waals surface area contributed by atoms with Gasteiger partial charge < -0.3 is 9.47 Å². The molecule has 3 aromatic rings. The summed E-state index contributed by atoms with van der Waals surface area (Å²) in [6.45, 7) is 2.35. The van der Waals surface area contributed by atoms with E-state index in [1.165, 1.54) is 18.3 Å². The summed E-state index contributed by atoms with van der Waals surface area (Å²) in [4.78, 5) is 22.6. The Bertz CT molecular complexity index is 1190. The smallest absolute Gasteiger partial charge is 0.272 e. The van der Waals surface area contributed by atoms with E-state index in [0.717, 1.165) is 5.56 Å². The molecule has 0 aliphatic heterocycles. The van der Waals surface area contributed by atoms with Crippen molar-refractivity contribution >= 4 is 45.3 Å². The highest BCUT2D eigenvalue weighted by Crippen LogP contribution is 2.37. The van der Waals surface area contributed by atoms with Crippen molar-refractivity contribution in [3.05, 3.63) is 97.0 Å². The van der Waals surface area contributed by atoms with E-state index < -0.39 is 4.92 Å². The Morgan fingerprint density at radius 3 is 2.58 bits per heavy atom. The molecule has 0 heterocycles. The highest BCUT2D eigenvalue weighted by Gasteiger charge is 2.14. The largest absolute Gasteiger partial charge is 0.490 e. The molecule has 0 unspecified atom stereocenters. The highest BCUT2D eigenvalue weighted by molar-refractivity contribution is 9.10. The SMILES string of the molecule is CCOc1cc(/C=N\NC(=O)c2ccccc2Br)cc(Cl)c1OCc1ccc([N+](=O)[O-])cc1. The van der Waals surface area contributed by atoms with Crippen molar-refractivity contribution in [2.75, 3.05) is 6.61 Å². The van der Waals surface area contributed by atoms with E-state index in [-0.39, 0.29) is 18.2 Å². The lowest BCUT2D eigenvalue weighted by molar-refractivity contribution is -0.384. The molecule has 0 radical (unpaired) electrons. The molecule has 0 aliphatic carbocycles. The number of non-ortho nitro benzene ring substituents is 1. The number of ether oxygens (including phenoxy) is 2. The second-order valence-corrected chi connectivity index (χ2v) is 7.92. The molecule has 8 nitrogen and oxygen atoms in total. The van der Waals surface area contributed by atoms with Crippen LogP contribution in [0.3, 0.4) is 0 Å². The maximum absolute atomic E-state index is 12.3. The molecule has 0 bridgehead atoms. The van der Waals surface area contributed by atoms with Crippen molar-refractivity contribution in [3.63, 3.8) is 0 Å². The zero-order valence-electron chi connectivity index (χ0n) is 17.5. The molecule has 0 atom stereocenters. The molecule has 3 rings (SSSR count). The fraction of sp³-hybridized carbons (Fsp3) is 0.130. The van der Waals surface area contributed by atoms with Gasteiger partial charge in [0, 0.05) is 16.6 Å². The second kappa shape index (κ2) is 11.4. The minimum Gasteiger partial charge on any atom is -0.490 e. The second-order valence-electron chi connectivity index (χ2n) is 6.65. The maximum Gasteiger partial charge on any atom is 0.272 e. The number of hydrazone groups is 1. The molecule has 3 aromatic carbocycles. The summed E-state index contributed by atoms with van der Waals surface area (Å²) < 4.78 is 12.1. The average Bonchev–Trinajstić information content (AvgIpc) is 2.79. The van der Waals surface area contributed by atoms with Gasteiger partial charge in [-0.15, -0.1) is 0 Å². The van der Waals surface area contributed by atoms with E-state index in [0.29, 0.717) is 38.7 Å². The first-order chi connectivity index (χ1) is 15.9. The van der Waals surface area contributed by atoms with Crippen molar-refractivity contribution in [2.24, 2.45) is 5.10 Å². The molecule has 1 amide bonds. The van der Waals surface area contributed by atoms with Crippen LogP contribution in [0.2, 0.25) is 5.02 Å². The number of benzene rings is 3. The number of carbonyl (C=O) groups excluding carboxylic acids is 1. The highest BCUT2D eigenvalue weighted by atomic mass is 79.9. The number of hydrogen-bond acceptors (Lipinski definition) is 6. The fourth-order valence-corrected chi connectivity index (χ4v) is 3.54. The van der Waals surface area contributed by atoms with Crippen LogP contribution in [0.15, 0.2) is 70.2 Å². The molecule has 0 fully saturated rings. The number of halogens is 2. The molecule has 0 saturated carbocycles. The third kappa shape index (κ3) is 6.53. The third-order valence-electron chi connectivity index (χ3n) is 4.36. The van der Waals surface area contributed by atoms with Crippen molar-refractivity contribution in [2.45, 2.75) is 13.5 Å². The lowest BCUT2D eigenvalue weighted by atomic mass is 10.2. The number of nitrogens with one attached hydrogen (secondary N) is 1. The van der Waals surface area contributed by atoms with E-state index in [9.17, 15) is 14.9 Å². The number of hydrogen-bond donors (Lipinski definition) is 1. The van der Waals surface area contributed by atoms with Gasteiger partial charge in [-0.3, -0.25) is 14.9 Å². The van der Waals surface area contributed by atoms with Gasteiger partial charge in [0.2, 0.25) is 0 Å². The van der Waals surface area contributed by atoms with Gasteiger partial charge in [-0.1, -0.05) is 23.7 Å². The quantitative estimate of drug-likeness (QED) is 0.215. The van der Waals surface area contributed by atoms with Gasteiger partial charge in [-0.2, -0.15) is 5.10 Å². The summed E-state index contributed by atoms with van der Waals surface area (Å²) in [6, 6.07) is 16.4. The Balaban J connectivity index is 1.72. The van der Waals surface area contributed by atoms with Crippen molar-refractivity contribution in [1.29, 1.82) is 0 Å². The van der Waals surface area contributed by atoms with E-state index >= 15 is 0 Å². The van der Waals surface area contributed by atoms with E-state index in [2.05, 4.69) is 26.5 Å².